The van der Waals surface area contributed by atoms with Crippen LogP contribution in [0.15, 0.2) is 12.1 Å². The highest BCUT2D eigenvalue weighted by Gasteiger charge is 2.12. The lowest BCUT2D eigenvalue weighted by atomic mass is 10.1. The molecule has 0 saturated carbocycles. The Bertz CT molecular complexity index is 388. The molecule has 0 atom stereocenters. The van der Waals surface area contributed by atoms with E-state index in [9.17, 15) is 9.18 Å². The van der Waals surface area contributed by atoms with Gasteiger partial charge in [-0.05, 0) is 38.5 Å². The number of amides is 1. The van der Waals surface area contributed by atoms with E-state index >= 15 is 0 Å². The molecule has 0 aliphatic carbocycles. The fourth-order valence-corrected chi connectivity index (χ4v) is 1.32. The molecule has 0 aromatic heterocycles. The standard InChI is InChI=1S/C11H15FN2O/c1-6(2)14-10-4-7(3)9(12)5-8(10)11(13)15/h4-6,14H,1-3H3,(H2,13,15). The van der Waals surface area contributed by atoms with E-state index in [0.29, 0.717) is 11.3 Å². The SMILES string of the molecule is Cc1cc(NC(C)C)c(C(N)=O)cc1F. The third-order valence-corrected chi connectivity index (χ3v) is 2.01. The van der Waals surface area contributed by atoms with Gasteiger partial charge in [-0.2, -0.15) is 0 Å². The predicted molar refractivity (Wildman–Crippen MR) is 58.4 cm³/mol. The lowest BCUT2D eigenvalue weighted by molar-refractivity contribution is 0.100. The molecule has 15 heavy (non-hydrogen) atoms. The van der Waals surface area contributed by atoms with Gasteiger partial charge in [-0.3, -0.25) is 4.79 Å². The zero-order valence-electron chi connectivity index (χ0n) is 9.10. The summed E-state index contributed by atoms with van der Waals surface area (Å²) < 4.78 is 13.2. The van der Waals surface area contributed by atoms with Gasteiger partial charge in [0, 0.05) is 11.7 Å². The van der Waals surface area contributed by atoms with E-state index in [1.807, 2.05) is 13.8 Å². The molecule has 3 N–H and O–H groups in total. The topological polar surface area (TPSA) is 55.1 Å². The van der Waals surface area contributed by atoms with Crippen molar-refractivity contribution >= 4 is 11.6 Å². The van der Waals surface area contributed by atoms with Gasteiger partial charge >= 0.3 is 0 Å². The molecule has 3 nitrogen and oxygen atoms in total. The van der Waals surface area contributed by atoms with Gasteiger partial charge in [-0.15, -0.1) is 0 Å². The highest BCUT2D eigenvalue weighted by Crippen LogP contribution is 2.20. The summed E-state index contributed by atoms with van der Waals surface area (Å²) in [6.07, 6.45) is 0. The van der Waals surface area contributed by atoms with Crippen LogP contribution in [0.1, 0.15) is 29.8 Å². The van der Waals surface area contributed by atoms with Crippen molar-refractivity contribution in [3.63, 3.8) is 0 Å². The Kier molecular flexibility index (Phi) is 3.29. The number of nitrogens with one attached hydrogen (secondary N) is 1. The van der Waals surface area contributed by atoms with Gasteiger partial charge in [-0.25, -0.2) is 4.39 Å². The Balaban J connectivity index is 3.22. The first-order valence-corrected chi connectivity index (χ1v) is 4.78. The molecule has 1 amide bonds. The molecule has 0 unspecified atom stereocenters. The van der Waals surface area contributed by atoms with Crippen molar-refractivity contribution in [2.45, 2.75) is 26.8 Å². The first-order chi connectivity index (χ1) is 6.91. The van der Waals surface area contributed by atoms with E-state index in [2.05, 4.69) is 5.32 Å². The molecule has 0 saturated heterocycles. The highest BCUT2D eigenvalue weighted by atomic mass is 19.1. The molecule has 0 fully saturated rings. The quantitative estimate of drug-likeness (QED) is 0.802. The molecule has 1 aromatic rings. The van der Waals surface area contributed by atoms with Gasteiger partial charge in [0.05, 0.1) is 5.56 Å². The Morgan fingerprint density at radius 3 is 2.53 bits per heavy atom. The van der Waals surface area contributed by atoms with E-state index in [0.717, 1.165) is 0 Å². The second-order valence-corrected chi connectivity index (χ2v) is 3.81. The summed E-state index contributed by atoms with van der Waals surface area (Å²) in [4.78, 5) is 11.1. The Hall–Kier alpha value is -1.58. The number of hydrogen-bond acceptors (Lipinski definition) is 2. The maximum absolute atomic E-state index is 13.2. The van der Waals surface area contributed by atoms with E-state index < -0.39 is 11.7 Å². The number of halogens is 1. The van der Waals surface area contributed by atoms with Gasteiger partial charge in [0.15, 0.2) is 0 Å². The molecule has 0 aliphatic heterocycles. The molecule has 0 radical (unpaired) electrons. The fourth-order valence-electron chi connectivity index (χ4n) is 1.32. The number of hydrogen-bond donors (Lipinski definition) is 2. The maximum atomic E-state index is 13.2. The molecule has 1 aromatic carbocycles. The molecule has 4 heteroatoms. The molecule has 0 spiro atoms. The van der Waals surface area contributed by atoms with Gasteiger partial charge in [0.25, 0.3) is 5.91 Å². The van der Waals surface area contributed by atoms with Crippen molar-refractivity contribution in [1.82, 2.24) is 0 Å². The van der Waals surface area contributed by atoms with Crippen LogP contribution in [0, 0.1) is 12.7 Å². The minimum atomic E-state index is -0.628. The monoisotopic (exact) mass is 210 g/mol. The summed E-state index contributed by atoms with van der Waals surface area (Å²) in [5.41, 5.74) is 6.42. The number of aryl methyl sites for hydroxylation is 1. The molecular weight excluding hydrogens is 195 g/mol. The van der Waals surface area contributed by atoms with Crippen LogP contribution in [0.25, 0.3) is 0 Å². The third kappa shape index (κ3) is 2.68. The van der Waals surface area contributed by atoms with Crippen molar-refractivity contribution < 1.29 is 9.18 Å². The second-order valence-electron chi connectivity index (χ2n) is 3.81. The van der Waals surface area contributed by atoms with Gasteiger partial charge in [0.1, 0.15) is 5.82 Å². The summed E-state index contributed by atoms with van der Waals surface area (Å²) in [6.45, 7) is 5.51. The van der Waals surface area contributed by atoms with E-state index in [4.69, 9.17) is 5.73 Å². The summed E-state index contributed by atoms with van der Waals surface area (Å²) >= 11 is 0. The first-order valence-electron chi connectivity index (χ1n) is 4.78. The fraction of sp³-hybridized carbons (Fsp3) is 0.364. The molecule has 0 bridgehead atoms. The van der Waals surface area contributed by atoms with Gasteiger partial charge in [0.2, 0.25) is 0 Å². The predicted octanol–water partition coefficient (Wildman–Crippen LogP) is 2.05. The van der Waals surface area contributed by atoms with Crippen LogP contribution in [0.2, 0.25) is 0 Å². The average Bonchev–Trinajstić information content (AvgIpc) is 2.09. The zero-order chi connectivity index (χ0) is 11.6. The number of nitrogens with two attached hydrogens (primary N) is 1. The normalized spacial score (nSPS) is 10.5. The summed E-state index contributed by atoms with van der Waals surface area (Å²) in [5.74, 6) is -1.05. The number of rotatable bonds is 3. The van der Waals surface area contributed by atoms with Crippen LogP contribution >= 0.6 is 0 Å². The lowest BCUT2D eigenvalue weighted by Crippen LogP contribution is -2.18. The van der Waals surface area contributed by atoms with Gasteiger partial charge < -0.3 is 11.1 Å². The third-order valence-electron chi connectivity index (χ3n) is 2.01. The number of benzene rings is 1. The van der Waals surface area contributed by atoms with Crippen LogP contribution in [-0.4, -0.2) is 11.9 Å². The minimum absolute atomic E-state index is 0.160. The molecular formula is C11H15FN2O. The van der Waals surface area contributed by atoms with Crippen molar-refractivity contribution in [3.05, 3.63) is 29.1 Å². The van der Waals surface area contributed by atoms with E-state index in [-0.39, 0.29) is 11.6 Å². The largest absolute Gasteiger partial charge is 0.382 e. The minimum Gasteiger partial charge on any atom is -0.382 e. The summed E-state index contributed by atoms with van der Waals surface area (Å²) in [6, 6.07) is 2.92. The van der Waals surface area contributed by atoms with Crippen molar-refractivity contribution in [1.29, 1.82) is 0 Å². The van der Waals surface area contributed by atoms with Crippen LogP contribution in [0.5, 0.6) is 0 Å². The lowest BCUT2D eigenvalue weighted by Gasteiger charge is -2.14. The number of carbonyl (C=O) groups excluding carboxylic acids is 1. The Labute approximate surface area is 88.5 Å². The Morgan fingerprint density at radius 2 is 2.07 bits per heavy atom. The van der Waals surface area contributed by atoms with Gasteiger partial charge in [-0.1, -0.05) is 0 Å². The number of carbonyl (C=O) groups is 1. The van der Waals surface area contributed by atoms with Crippen LogP contribution in [0.3, 0.4) is 0 Å². The summed E-state index contributed by atoms with van der Waals surface area (Å²) in [5, 5.41) is 3.06. The van der Waals surface area contributed by atoms with E-state index in [1.54, 1.807) is 13.0 Å². The zero-order valence-corrected chi connectivity index (χ0v) is 9.10. The van der Waals surface area contributed by atoms with Crippen molar-refractivity contribution in [2.75, 3.05) is 5.32 Å². The molecule has 82 valence electrons. The summed E-state index contributed by atoms with van der Waals surface area (Å²) in [7, 11) is 0. The van der Waals surface area contributed by atoms with Crippen LogP contribution in [0.4, 0.5) is 10.1 Å². The molecule has 0 aliphatic rings. The number of anilines is 1. The van der Waals surface area contributed by atoms with Crippen molar-refractivity contribution in [2.24, 2.45) is 5.73 Å². The van der Waals surface area contributed by atoms with Crippen LogP contribution < -0.4 is 11.1 Å². The first kappa shape index (κ1) is 11.5. The highest BCUT2D eigenvalue weighted by molar-refractivity contribution is 5.98. The van der Waals surface area contributed by atoms with E-state index in [1.165, 1.54) is 6.07 Å². The van der Waals surface area contributed by atoms with Crippen molar-refractivity contribution in [3.8, 4) is 0 Å². The molecule has 1 rings (SSSR count). The van der Waals surface area contributed by atoms with Crippen LogP contribution in [-0.2, 0) is 0 Å². The number of primary amides is 1. The maximum Gasteiger partial charge on any atom is 0.250 e. The Morgan fingerprint density at radius 1 is 1.47 bits per heavy atom. The smallest absolute Gasteiger partial charge is 0.250 e. The second kappa shape index (κ2) is 4.29. The molecule has 0 heterocycles. The average molecular weight is 210 g/mol.